The lowest BCUT2D eigenvalue weighted by atomic mass is 10.2. The highest BCUT2D eigenvalue weighted by molar-refractivity contribution is 6.35. The van der Waals surface area contributed by atoms with Crippen molar-refractivity contribution in [2.24, 2.45) is 5.10 Å². The smallest absolute Gasteiger partial charge is 0.307 e. The summed E-state index contributed by atoms with van der Waals surface area (Å²) in [6, 6.07) is 19.6. The molecule has 0 radical (unpaired) electrons. The van der Waals surface area contributed by atoms with Gasteiger partial charge in [0.2, 0.25) is 0 Å². The van der Waals surface area contributed by atoms with Gasteiger partial charge in [0, 0.05) is 21.0 Å². The van der Waals surface area contributed by atoms with Crippen molar-refractivity contribution in [3.8, 4) is 11.5 Å². The number of fused-ring (bicyclic) bond motifs is 1. The van der Waals surface area contributed by atoms with Gasteiger partial charge in [-0.25, -0.2) is 5.43 Å². The van der Waals surface area contributed by atoms with Crippen LogP contribution in [0.5, 0.6) is 11.5 Å². The molecule has 0 unspecified atom stereocenters. The summed E-state index contributed by atoms with van der Waals surface area (Å²) < 4.78 is 16.8. The summed E-state index contributed by atoms with van der Waals surface area (Å²) in [6.07, 6.45) is 1.54. The molecule has 33 heavy (non-hydrogen) atoms. The summed E-state index contributed by atoms with van der Waals surface area (Å²) in [7, 11) is 0. The van der Waals surface area contributed by atoms with Crippen LogP contribution in [0.2, 0.25) is 10.0 Å². The predicted octanol–water partition coefficient (Wildman–Crippen LogP) is 6.48. The van der Waals surface area contributed by atoms with Crippen LogP contribution in [0.25, 0.3) is 11.0 Å². The van der Waals surface area contributed by atoms with Gasteiger partial charge in [0.05, 0.1) is 12.8 Å². The van der Waals surface area contributed by atoms with E-state index in [2.05, 4.69) is 10.5 Å². The molecule has 0 saturated heterocycles. The van der Waals surface area contributed by atoms with Gasteiger partial charge < -0.3 is 13.9 Å². The Kier molecular flexibility index (Phi) is 7.17. The summed E-state index contributed by atoms with van der Waals surface area (Å²) in [5.41, 5.74) is 4.70. The minimum absolute atomic E-state index is 0.167. The molecule has 0 aliphatic carbocycles. The van der Waals surface area contributed by atoms with E-state index < -0.39 is 5.91 Å². The average molecular weight is 483 g/mol. The van der Waals surface area contributed by atoms with Crippen LogP contribution in [-0.2, 0) is 6.61 Å². The average Bonchev–Trinajstić information content (AvgIpc) is 3.23. The predicted molar refractivity (Wildman–Crippen MR) is 130 cm³/mol. The zero-order chi connectivity index (χ0) is 23.2. The molecule has 0 aliphatic heterocycles. The Labute approximate surface area is 200 Å². The molecule has 1 aromatic heterocycles. The molecule has 3 aromatic carbocycles. The molecule has 4 aromatic rings. The van der Waals surface area contributed by atoms with E-state index >= 15 is 0 Å². The van der Waals surface area contributed by atoms with Crippen LogP contribution < -0.4 is 14.9 Å². The van der Waals surface area contributed by atoms with Gasteiger partial charge in [0.15, 0.2) is 5.76 Å². The van der Waals surface area contributed by atoms with Crippen molar-refractivity contribution in [2.45, 2.75) is 13.5 Å². The number of hydrazone groups is 1. The molecule has 0 aliphatic rings. The maximum atomic E-state index is 12.3. The first kappa shape index (κ1) is 22.7. The molecule has 0 spiro atoms. The molecule has 1 N–H and O–H groups in total. The minimum atomic E-state index is -0.444. The third-order valence-corrected chi connectivity index (χ3v) is 5.28. The second kappa shape index (κ2) is 10.4. The van der Waals surface area contributed by atoms with Gasteiger partial charge >= 0.3 is 5.91 Å². The number of furan rings is 1. The second-order valence-corrected chi connectivity index (χ2v) is 7.88. The second-order valence-electron chi connectivity index (χ2n) is 7.04. The molecule has 1 heterocycles. The summed E-state index contributed by atoms with van der Waals surface area (Å²) in [5.74, 6) is 1.12. The Balaban J connectivity index is 1.32. The molecule has 8 heteroatoms. The topological polar surface area (TPSA) is 73.1 Å². The number of carbonyl (C=O) groups is 1. The standard InChI is InChI=1S/C25H20Cl2N2O4/c1-2-31-21-9-10-23-18(11-21)12-24(33-23)25(30)29-28-14-16-3-7-20(8-4-16)32-15-17-5-6-19(26)13-22(17)27/h3-14H,2,15H2,1H3,(H,29,30)/b28-14+. The Morgan fingerprint density at radius 3 is 2.55 bits per heavy atom. The fraction of sp³-hybridized carbons (Fsp3) is 0.120. The Hall–Kier alpha value is -3.48. The summed E-state index contributed by atoms with van der Waals surface area (Å²) >= 11 is 12.1. The van der Waals surface area contributed by atoms with E-state index in [1.54, 1.807) is 30.3 Å². The monoisotopic (exact) mass is 482 g/mol. The van der Waals surface area contributed by atoms with Crippen LogP contribution in [0, 0.1) is 0 Å². The minimum Gasteiger partial charge on any atom is -0.494 e. The van der Waals surface area contributed by atoms with E-state index in [9.17, 15) is 4.79 Å². The van der Waals surface area contributed by atoms with E-state index in [1.807, 2.05) is 43.3 Å². The number of carbonyl (C=O) groups excluding carboxylic acids is 1. The number of ether oxygens (including phenoxy) is 2. The Bertz CT molecular complexity index is 1300. The van der Waals surface area contributed by atoms with Crippen LogP contribution in [0.1, 0.15) is 28.6 Å². The molecule has 0 saturated carbocycles. The zero-order valence-electron chi connectivity index (χ0n) is 17.7. The molecular formula is C25H20Cl2N2O4. The van der Waals surface area contributed by atoms with E-state index in [4.69, 9.17) is 37.1 Å². The van der Waals surface area contributed by atoms with Gasteiger partial charge in [-0.1, -0.05) is 29.3 Å². The lowest BCUT2D eigenvalue weighted by molar-refractivity contribution is 0.0929. The van der Waals surface area contributed by atoms with E-state index in [-0.39, 0.29) is 5.76 Å². The zero-order valence-corrected chi connectivity index (χ0v) is 19.2. The van der Waals surface area contributed by atoms with Crippen LogP contribution in [0.3, 0.4) is 0 Å². The highest BCUT2D eigenvalue weighted by Gasteiger charge is 2.12. The maximum Gasteiger partial charge on any atom is 0.307 e. The molecule has 0 fully saturated rings. The van der Waals surface area contributed by atoms with E-state index in [0.29, 0.717) is 34.6 Å². The number of nitrogens with one attached hydrogen (secondary N) is 1. The van der Waals surface area contributed by atoms with E-state index in [1.165, 1.54) is 6.21 Å². The fourth-order valence-electron chi connectivity index (χ4n) is 3.06. The lowest BCUT2D eigenvalue weighted by Gasteiger charge is -2.08. The summed E-state index contributed by atoms with van der Waals surface area (Å²) in [4.78, 5) is 12.3. The van der Waals surface area contributed by atoms with Crippen molar-refractivity contribution in [3.63, 3.8) is 0 Å². The molecule has 0 atom stereocenters. The number of nitrogens with zero attached hydrogens (tertiary/aromatic N) is 1. The largest absolute Gasteiger partial charge is 0.494 e. The third-order valence-electron chi connectivity index (χ3n) is 4.69. The third kappa shape index (κ3) is 5.86. The van der Waals surface area contributed by atoms with Gasteiger partial charge in [-0.05, 0) is 73.2 Å². The van der Waals surface area contributed by atoms with Crippen LogP contribution in [0.15, 0.2) is 76.2 Å². The SMILES string of the molecule is CCOc1ccc2oc(C(=O)N/N=C/c3ccc(OCc4ccc(Cl)cc4Cl)cc3)cc2c1. The Morgan fingerprint density at radius 2 is 1.79 bits per heavy atom. The van der Waals surface area contributed by atoms with Crippen molar-refractivity contribution < 1.29 is 18.7 Å². The fourth-order valence-corrected chi connectivity index (χ4v) is 3.52. The van der Waals surface area contributed by atoms with Crippen LogP contribution >= 0.6 is 23.2 Å². The number of rotatable bonds is 8. The maximum absolute atomic E-state index is 12.3. The van der Waals surface area contributed by atoms with Crippen molar-refractivity contribution >= 4 is 46.3 Å². The van der Waals surface area contributed by atoms with E-state index in [0.717, 1.165) is 22.3 Å². The molecule has 4 rings (SSSR count). The van der Waals surface area contributed by atoms with Gasteiger partial charge in [-0.3, -0.25) is 4.79 Å². The molecule has 0 bridgehead atoms. The lowest BCUT2D eigenvalue weighted by Crippen LogP contribution is -2.16. The first-order valence-corrected chi connectivity index (χ1v) is 10.9. The number of hydrogen-bond acceptors (Lipinski definition) is 5. The number of amides is 1. The normalized spacial score (nSPS) is 11.1. The van der Waals surface area contributed by atoms with Gasteiger partial charge in [-0.15, -0.1) is 0 Å². The van der Waals surface area contributed by atoms with Crippen molar-refractivity contribution in [1.82, 2.24) is 5.43 Å². The molecule has 1 amide bonds. The first-order chi connectivity index (χ1) is 16.0. The van der Waals surface area contributed by atoms with Gasteiger partial charge in [-0.2, -0.15) is 5.10 Å². The molecule has 6 nitrogen and oxygen atoms in total. The van der Waals surface area contributed by atoms with Gasteiger partial charge in [0.1, 0.15) is 23.7 Å². The highest BCUT2D eigenvalue weighted by atomic mass is 35.5. The number of halogens is 2. The first-order valence-electron chi connectivity index (χ1n) is 10.2. The number of hydrogen-bond donors (Lipinski definition) is 1. The number of benzene rings is 3. The van der Waals surface area contributed by atoms with Crippen molar-refractivity contribution in [3.05, 3.63) is 93.7 Å². The van der Waals surface area contributed by atoms with Gasteiger partial charge in [0.25, 0.3) is 0 Å². The quantitative estimate of drug-likeness (QED) is 0.230. The van der Waals surface area contributed by atoms with Crippen molar-refractivity contribution in [2.75, 3.05) is 6.61 Å². The van der Waals surface area contributed by atoms with Crippen LogP contribution in [-0.4, -0.2) is 18.7 Å². The Morgan fingerprint density at radius 1 is 1.00 bits per heavy atom. The molecule has 168 valence electrons. The van der Waals surface area contributed by atoms with Crippen molar-refractivity contribution in [1.29, 1.82) is 0 Å². The highest BCUT2D eigenvalue weighted by Crippen LogP contribution is 2.25. The summed E-state index contributed by atoms with van der Waals surface area (Å²) in [5, 5.41) is 5.92. The summed E-state index contributed by atoms with van der Waals surface area (Å²) in [6.45, 7) is 2.80. The van der Waals surface area contributed by atoms with Crippen LogP contribution in [0.4, 0.5) is 0 Å². The molecular weight excluding hydrogens is 463 g/mol.